The number of halogens is 1. The fraction of sp³-hybridized carbons (Fsp3) is 0.182. The number of nitrogens with one attached hydrogen (secondary N) is 1. The van der Waals surface area contributed by atoms with Gasteiger partial charge in [0.05, 0.1) is 5.69 Å². The van der Waals surface area contributed by atoms with Crippen molar-refractivity contribution in [1.82, 2.24) is 9.88 Å². The van der Waals surface area contributed by atoms with Crippen molar-refractivity contribution in [2.24, 2.45) is 0 Å². The van der Waals surface area contributed by atoms with Gasteiger partial charge < -0.3 is 11.1 Å². The summed E-state index contributed by atoms with van der Waals surface area (Å²) in [5, 5.41) is 2.75. The number of anilines is 1. The van der Waals surface area contributed by atoms with Crippen molar-refractivity contribution in [2.45, 2.75) is 6.92 Å². The van der Waals surface area contributed by atoms with E-state index in [-0.39, 0.29) is 11.5 Å². The molecule has 1 rings (SSSR count). The lowest BCUT2D eigenvalue weighted by molar-refractivity contribution is 0.622. The van der Waals surface area contributed by atoms with Gasteiger partial charge in [-0.05, 0) is 19.1 Å². The molecule has 0 bridgehead atoms. The molecule has 0 spiro atoms. The summed E-state index contributed by atoms with van der Waals surface area (Å²) in [6.45, 7) is 5.13. The maximum atomic E-state index is 13.3. The van der Waals surface area contributed by atoms with Crippen LogP contribution in [0, 0.1) is 0 Å². The molecule has 0 fully saturated rings. The number of rotatable bonds is 4. The Kier molecular flexibility index (Phi) is 3.88. The molecule has 1 aromatic rings. The van der Waals surface area contributed by atoms with E-state index in [1.54, 1.807) is 12.1 Å². The lowest BCUT2D eigenvalue weighted by atomic mass is 10.4. The van der Waals surface area contributed by atoms with Crippen molar-refractivity contribution in [3.05, 3.63) is 47.2 Å². The highest BCUT2D eigenvalue weighted by atomic mass is 19.1. The number of nitrogens with two attached hydrogens (primary N) is 1. The second-order valence-corrected chi connectivity index (χ2v) is 3.19. The minimum atomic E-state index is -0.491. The highest BCUT2D eigenvalue weighted by Crippen LogP contribution is 2.07. The molecule has 86 valence electrons. The average molecular weight is 223 g/mol. The van der Waals surface area contributed by atoms with Crippen LogP contribution in [0.1, 0.15) is 6.92 Å². The van der Waals surface area contributed by atoms with E-state index in [0.29, 0.717) is 6.54 Å². The lowest BCUT2D eigenvalue weighted by Gasteiger charge is -2.12. The minimum Gasteiger partial charge on any atom is -0.394 e. The molecule has 4 nitrogen and oxygen atoms in total. The summed E-state index contributed by atoms with van der Waals surface area (Å²) in [5.74, 6) is -0.410. The average Bonchev–Trinajstić information content (AvgIpc) is 2.24. The highest BCUT2D eigenvalue weighted by Gasteiger charge is 2.07. The van der Waals surface area contributed by atoms with Crippen LogP contribution in [0.2, 0.25) is 0 Å². The predicted octanol–water partition coefficient (Wildman–Crippen LogP) is 1.32. The molecule has 0 saturated carbocycles. The van der Waals surface area contributed by atoms with Crippen LogP contribution in [0.4, 0.5) is 10.1 Å². The van der Waals surface area contributed by atoms with Crippen LogP contribution in [0.3, 0.4) is 0 Å². The van der Waals surface area contributed by atoms with E-state index in [1.807, 2.05) is 0 Å². The molecule has 3 N–H and O–H groups in total. The van der Waals surface area contributed by atoms with Gasteiger partial charge in [-0.25, -0.2) is 4.39 Å². The SMILES string of the molecule is C=CCN/C(=C(\C)F)n1cccc(N)c1=O. The van der Waals surface area contributed by atoms with Crippen molar-refractivity contribution in [2.75, 3.05) is 12.3 Å². The van der Waals surface area contributed by atoms with Crippen LogP contribution >= 0.6 is 0 Å². The van der Waals surface area contributed by atoms with Crippen molar-refractivity contribution < 1.29 is 4.39 Å². The zero-order valence-corrected chi connectivity index (χ0v) is 9.03. The van der Waals surface area contributed by atoms with Gasteiger partial charge in [-0.15, -0.1) is 6.58 Å². The fourth-order valence-corrected chi connectivity index (χ4v) is 1.23. The van der Waals surface area contributed by atoms with Crippen molar-refractivity contribution in [3.8, 4) is 0 Å². The summed E-state index contributed by atoms with van der Waals surface area (Å²) >= 11 is 0. The first-order valence-corrected chi connectivity index (χ1v) is 4.76. The summed E-state index contributed by atoms with van der Waals surface area (Å²) in [6, 6.07) is 3.05. The maximum absolute atomic E-state index is 13.3. The third-order valence-corrected chi connectivity index (χ3v) is 1.96. The van der Waals surface area contributed by atoms with Crippen LogP contribution in [-0.4, -0.2) is 11.1 Å². The zero-order chi connectivity index (χ0) is 12.1. The largest absolute Gasteiger partial charge is 0.394 e. The fourth-order valence-electron chi connectivity index (χ4n) is 1.23. The molecule has 0 saturated heterocycles. The van der Waals surface area contributed by atoms with E-state index in [4.69, 9.17) is 5.73 Å². The highest BCUT2D eigenvalue weighted by molar-refractivity contribution is 5.48. The maximum Gasteiger partial charge on any atom is 0.279 e. The van der Waals surface area contributed by atoms with E-state index >= 15 is 0 Å². The van der Waals surface area contributed by atoms with E-state index in [9.17, 15) is 9.18 Å². The molecule has 0 unspecified atom stereocenters. The first-order chi connectivity index (χ1) is 7.57. The number of aromatic nitrogens is 1. The first-order valence-electron chi connectivity index (χ1n) is 4.76. The van der Waals surface area contributed by atoms with Gasteiger partial charge in [0.2, 0.25) is 0 Å². The van der Waals surface area contributed by atoms with Crippen molar-refractivity contribution >= 4 is 11.5 Å². The van der Waals surface area contributed by atoms with E-state index < -0.39 is 11.4 Å². The Morgan fingerprint density at radius 2 is 2.44 bits per heavy atom. The third-order valence-electron chi connectivity index (χ3n) is 1.96. The van der Waals surface area contributed by atoms with Crippen molar-refractivity contribution in [3.63, 3.8) is 0 Å². The Morgan fingerprint density at radius 1 is 1.75 bits per heavy atom. The van der Waals surface area contributed by atoms with Gasteiger partial charge in [0.1, 0.15) is 11.6 Å². The van der Waals surface area contributed by atoms with Crippen LogP contribution in [-0.2, 0) is 0 Å². The molecule has 0 aliphatic heterocycles. The number of nitrogens with zero attached hydrogens (tertiary/aromatic N) is 1. The van der Waals surface area contributed by atoms with Gasteiger partial charge in [-0.3, -0.25) is 9.36 Å². The van der Waals surface area contributed by atoms with E-state index in [2.05, 4.69) is 11.9 Å². The van der Waals surface area contributed by atoms with Crippen LogP contribution in [0.25, 0.3) is 5.82 Å². The second kappa shape index (κ2) is 5.16. The number of pyridine rings is 1. The van der Waals surface area contributed by atoms with Crippen LogP contribution in [0.15, 0.2) is 41.6 Å². The zero-order valence-electron chi connectivity index (χ0n) is 9.03. The molecular formula is C11H14FN3O. The van der Waals surface area contributed by atoms with Gasteiger partial charge in [-0.2, -0.15) is 0 Å². The van der Waals surface area contributed by atoms with Gasteiger partial charge >= 0.3 is 0 Å². The second-order valence-electron chi connectivity index (χ2n) is 3.19. The molecule has 0 aliphatic carbocycles. The molecule has 0 atom stereocenters. The summed E-state index contributed by atoms with van der Waals surface area (Å²) in [6.07, 6.45) is 3.02. The molecule has 16 heavy (non-hydrogen) atoms. The van der Waals surface area contributed by atoms with Gasteiger partial charge in [-0.1, -0.05) is 6.08 Å². The summed E-state index contributed by atoms with van der Waals surface area (Å²) in [7, 11) is 0. The Morgan fingerprint density at radius 3 is 3.00 bits per heavy atom. The monoisotopic (exact) mass is 223 g/mol. The Hall–Kier alpha value is -2.04. The summed E-state index contributed by atoms with van der Waals surface area (Å²) in [4.78, 5) is 11.6. The van der Waals surface area contributed by atoms with Gasteiger partial charge in [0.15, 0.2) is 0 Å². The van der Waals surface area contributed by atoms with Crippen molar-refractivity contribution in [1.29, 1.82) is 0 Å². The number of nitrogen functional groups attached to an aromatic ring is 1. The number of allylic oxidation sites excluding steroid dienone is 1. The quantitative estimate of drug-likeness (QED) is 0.757. The Balaban J connectivity index is 3.23. The minimum absolute atomic E-state index is 0.0710. The molecule has 0 radical (unpaired) electrons. The first kappa shape index (κ1) is 12.0. The van der Waals surface area contributed by atoms with Gasteiger partial charge in [0, 0.05) is 12.7 Å². The predicted molar refractivity (Wildman–Crippen MR) is 63.3 cm³/mol. The summed E-state index contributed by atoms with van der Waals surface area (Å²) in [5.41, 5.74) is 5.08. The topological polar surface area (TPSA) is 60.1 Å². The van der Waals surface area contributed by atoms with E-state index in [0.717, 1.165) is 4.57 Å². The molecule has 5 heteroatoms. The molecule has 0 aliphatic rings. The van der Waals surface area contributed by atoms with E-state index in [1.165, 1.54) is 19.2 Å². The smallest absolute Gasteiger partial charge is 0.279 e. The lowest BCUT2D eigenvalue weighted by Crippen LogP contribution is -2.28. The molecular weight excluding hydrogens is 209 g/mol. The van der Waals surface area contributed by atoms with Gasteiger partial charge in [0.25, 0.3) is 5.56 Å². The molecule has 0 aromatic carbocycles. The molecule has 1 heterocycles. The van der Waals surface area contributed by atoms with Crippen LogP contribution < -0.4 is 16.6 Å². The molecule has 0 amide bonds. The Bertz CT molecular complexity index is 472. The molecule has 1 aromatic heterocycles. The summed E-state index contributed by atoms with van der Waals surface area (Å²) < 4.78 is 14.4. The third kappa shape index (κ3) is 2.50. The number of hydrogen-bond acceptors (Lipinski definition) is 3. The Labute approximate surface area is 92.9 Å². The van der Waals surface area contributed by atoms with Crippen LogP contribution in [0.5, 0.6) is 0 Å². The normalized spacial score (nSPS) is 11.9. The number of hydrogen-bond donors (Lipinski definition) is 2. The standard InChI is InChI=1S/C11H14FN3O/c1-3-6-14-10(8(2)12)15-7-4-5-9(13)11(15)16/h3-5,7,14H,1,6,13H2,2H3/b10-8-.